The minimum absolute atomic E-state index is 0.110. The van der Waals surface area contributed by atoms with Gasteiger partial charge in [0.1, 0.15) is 0 Å². The number of rotatable bonds is 3. The fraction of sp³-hybridized carbons (Fsp3) is 0.286. The third-order valence-electron chi connectivity index (χ3n) is 5.50. The van der Waals surface area contributed by atoms with Gasteiger partial charge in [0.25, 0.3) is 0 Å². The van der Waals surface area contributed by atoms with Crippen LogP contribution in [0.3, 0.4) is 0 Å². The van der Waals surface area contributed by atoms with E-state index < -0.39 is 0 Å². The standard InChI is InChI=1S/C21H19ClN2O/c22-16-11-10-14(19-20-15-8-4-5-9-18(15)24(19)20)12-17(16)23-21(25)13-6-2-1-3-7-13/h4-5,8-13H,1-3,6-7H2,(H,23,25). The average molecular weight is 351 g/mol. The molecule has 2 aromatic rings. The second-order valence-corrected chi connectivity index (χ2v) is 7.48. The topological polar surface area (TPSA) is 34.0 Å². The van der Waals surface area contributed by atoms with E-state index in [9.17, 15) is 4.79 Å². The summed E-state index contributed by atoms with van der Waals surface area (Å²) in [6, 6.07) is 14.3. The summed E-state index contributed by atoms with van der Waals surface area (Å²) in [5, 5.41) is 4.96. The van der Waals surface area contributed by atoms with Crippen molar-refractivity contribution >= 4 is 34.1 Å². The molecule has 0 radical (unpaired) electrons. The van der Waals surface area contributed by atoms with Crippen LogP contribution >= 0.6 is 11.6 Å². The quantitative estimate of drug-likeness (QED) is 0.499. The van der Waals surface area contributed by atoms with E-state index in [0.29, 0.717) is 5.02 Å². The molecule has 25 heavy (non-hydrogen) atoms. The van der Waals surface area contributed by atoms with Crippen LogP contribution in [0.25, 0.3) is 27.8 Å². The number of para-hydroxylation sites is 1. The Hall–Kier alpha value is -2.26. The van der Waals surface area contributed by atoms with Crippen LogP contribution in [-0.4, -0.2) is 10.5 Å². The molecule has 0 spiro atoms. The molecule has 1 fully saturated rings. The molecule has 1 amide bonds. The number of halogens is 1. The van der Waals surface area contributed by atoms with Crippen LogP contribution in [0.1, 0.15) is 32.1 Å². The van der Waals surface area contributed by atoms with Crippen LogP contribution in [0.4, 0.5) is 5.69 Å². The summed E-state index contributed by atoms with van der Waals surface area (Å²) in [6.07, 6.45) is 5.51. The number of fused-ring (bicyclic) bond motifs is 4. The predicted octanol–water partition coefficient (Wildman–Crippen LogP) is 5.78. The predicted molar refractivity (Wildman–Crippen MR) is 102 cm³/mol. The SMILES string of the molecule is O=C(Nc1cc(-c2c3c4ccccc4n2-3)ccc1Cl)C1CCCCC1. The first kappa shape index (κ1) is 15.0. The highest BCUT2D eigenvalue weighted by molar-refractivity contribution is 6.34. The summed E-state index contributed by atoms with van der Waals surface area (Å²) in [5.74, 6) is 0.236. The van der Waals surface area contributed by atoms with E-state index in [-0.39, 0.29) is 11.8 Å². The van der Waals surface area contributed by atoms with Crippen molar-refractivity contribution < 1.29 is 4.79 Å². The van der Waals surface area contributed by atoms with Crippen LogP contribution in [0.2, 0.25) is 5.02 Å². The lowest BCUT2D eigenvalue weighted by molar-refractivity contribution is -0.120. The molecule has 4 heteroatoms. The summed E-state index contributed by atoms with van der Waals surface area (Å²) in [4.78, 5) is 12.5. The lowest BCUT2D eigenvalue weighted by atomic mass is 9.88. The highest BCUT2D eigenvalue weighted by Gasteiger charge is 2.33. The minimum Gasteiger partial charge on any atom is -0.325 e. The van der Waals surface area contributed by atoms with Gasteiger partial charge in [0, 0.05) is 16.9 Å². The molecule has 126 valence electrons. The summed E-state index contributed by atoms with van der Waals surface area (Å²) in [6.45, 7) is 0. The maximum Gasteiger partial charge on any atom is 0.227 e. The third kappa shape index (κ3) is 2.37. The van der Waals surface area contributed by atoms with Crippen molar-refractivity contribution in [3.05, 3.63) is 47.5 Å². The highest BCUT2D eigenvalue weighted by Crippen LogP contribution is 2.51. The summed E-state index contributed by atoms with van der Waals surface area (Å²) >= 11 is 6.34. The van der Waals surface area contributed by atoms with Crippen molar-refractivity contribution in [1.29, 1.82) is 0 Å². The third-order valence-corrected chi connectivity index (χ3v) is 5.82. The van der Waals surface area contributed by atoms with Crippen molar-refractivity contribution in [2.75, 3.05) is 5.32 Å². The Kier molecular flexibility index (Phi) is 3.39. The van der Waals surface area contributed by atoms with Crippen molar-refractivity contribution in [2.24, 2.45) is 5.92 Å². The van der Waals surface area contributed by atoms with E-state index in [4.69, 9.17) is 11.6 Å². The Balaban J connectivity index is 1.44. The monoisotopic (exact) mass is 350 g/mol. The van der Waals surface area contributed by atoms with Crippen LogP contribution in [0.5, 0.6) is 0 Å². The van der Waals surface area contributed by atoms with E-state index in [1.807, 2.05) is 18.2 Å². The molecule has 1 aliphatic carbocycles. The molecule has 0 aromatic heterocycles. The Labute approximate surface area is 151 Å². The molecule has 3 nitrogen and oxygen atoms in total. The number of carbonyl (C=O) groups excluding carboxylic acids is 1. The number of nitrogens with zero attached hydrogens (tertiary/aromatic N) is 1. The van der Waals surface area contributed by atoms with Crippen molar-refractivity contribution in [1.82, 2.24) is 4.57 Å². The van der Waals surface area contributed by atoms with Gasteiger partial charge in [0.05, 0.1) is 27.6 Å². The first-order valence-corrected chi connectivity index (χ1v) is 9.36. The second kappa shape index (κ2) is 5.63. The largest absolute Gasteiger partial charge is 0.325 e. The van der Waals surface area contributed by atoms with Crippen LogP contribution in [-0.2, 0) is 4.79 Å². The number of carbonyl (C=O) groups is 1. The number of hydrogen-bond acceptors (Lipinski definition) is 1. The van der Waals surface area contributed by atoms with Crippen LogP contribution < -0.4 is 5.32 Å². The zero-order chi connectivity index (χ0) is 17.0. The summed E-state index contributed by atoms with van der Waals surface area (Å²) < 4.78 is 2.26. The molecule has 0 bridgehead atoms. The molecule has 0 unspecified atom stereocenters. The Bertz CT molecular complexity index is 960. The van der Waals surface area contributed by atoms with Crippen molar-refractivity contribution in [3.63, 3.8) is 0 Å². The number of aromatic nitrogens is 1. The molecule has 1 N–H and O–H groups in total. The smallest absolute Gasteiger partial charge is 0.227 e. The normalized spacial score (nSPS) is 16.2. The fourth-order valence-electron chi connectivity index (χ4n) is 4.10. The number of hydrogen-bond donors (Lipinski definition) is 1. The molecule has 2 aromatic carbocycles. The Morgan fingerprint density at radius 2 is 1.88 bits per heavy atom. The second-order valence-electron chi connectivity index (χ2n) is 7.07. The van der Waals surface area contributed by atoms with E-state index in [1.165, 1.54) is 28.7 Å². The van der Waals surface area contributed by atoms with Gasteiger partial charge in [-0.2, -0.15) is 0 Å². The molecule has 5 rings (SSSR count). The first-order chi connectivity index (χ1) is 12.2. The Morgan fingerprint density at radius 3 is 2.68 bits per heavy atom. The van der Waals surface area contributed by atoms with E-state index >= 15 is 0 Å². The van der Waals surface area contributed by atoms with Gasteiger partial charge < -0.3 is 9.88 Å². The number of nitrogens with one attached hydrogen (secondary N) is 1. The van der Waals surface area contributed by atoms with Crippen LogP contribution in [0.15, 0.2) is 42.5 Å². The average Bonchev–Trinajstić information content (AvgIpc) is 3.31. The maximum absolute atomic E-state index is 12.5. The molecule has 0 saturated heterocycles. The van der Waals surface area contributed by atoms with Gasteiger partial charge in [-0.1, -0.05) is 55.1 Å². The van der Waals surface area contributed by atoms with Crippen LogP contribution in [0, 0.1) is 5.92 Å². The van der Waals surface area contributed by atoms with E-state index in [1.54, 1.807) is 0 Å². The molecule has 2 heterocycles. The van der Waals surface area contributed by atoms with Gasteiger partial charge >= 0.3 is 0 Å². The Morgan fingerprint density at radius 1 is 1.08 bits per heavy atom. The molecule has 3 aliphatic rings. The number of anilines is 1. The van der Waals surface area contributed by atoms with E-state index in [2.05, 4.69) is 34.1 Å². The van der Waals surface area contributed by atoms with Gasteiger partial charge in [-0.3, -0.25) is 4.79 Å². The van der Waals surface area contributed by atoms with Gasteiger partial charge in [-0.25, -0.2) is 0 Å². The molecular weight excluding hydrogens is 332 g/mol. The van der Waals surface area contributed by atoms with Crippen molar-refractivity contribution in [3.8, 4) is 16.9 Å². The first-order valence-electron chi connectivity index (χ1n) is 8.98. The maximum atomic E-state index is 12.5. The molecule has 0 atom stereocenters. The minimum atomic E-state index is 0.110. The number of benzene rings is 2. The lowest BCUT2D eigenvalue weighted by Crippen LogP contribution is -2.24. The van der Waals surface area contributed by atoms with E-state index in [0.717, 1.165) is 36.9 Å². The van der Waals surface area contributed by atoms with Gasteiger partial charge in [-0.05, 0) is 31.0 Å². The van der Waals surface area contributed by atoms with Gasteiger partial charge in [0.15, 0.2) is 0 Å². The number of amides is 1. The molecule has 1 saturated carbocycles. The summed E-state index contributed by atoms with van der Waals surface area (Å²) in [7, 11) is 0. The molecular formula is C21H19ClN2O. The zero-order valence-corrected chi connectivity index (χ0v) is 14.6. The van der Waals surface area contributed by atoms with Gasteiger partial charge in [-0.15, -0.1) is 0 Å². The lowest BCUT2D eigenvalue weighted by Gasteiger charge is -2.21. The summed E-state index contributed by atoms with van der Waals surface area (Å²) in [5.41, 5.74) is 5.61. The van der Waals surface area contributed by atoms with Crippen molar-refractivity contribution in [2.45, 2.75) is 32.1 Å². The van der Waals surface area contributed by atoms with Gasteiger partial charge in [0.2, 0.25) is 5.91 Å². The zero-order valence-electron chi connectivity index (χ0n) is 13.9. The molecule has 2 aliphatic heterocycles. The fourth-order valence-corrected chi connectivity index (χ4v) is 4.27. The highest BCUT2D eigenvalue weighted by atomic mass is 35.5.